The molecule has 1 saturated heterocycles. The van der Waals surface area contributed by atoms with Gasteiger partial charge in [-0.25, -0.2) is 4.98 Å². The van der Waals surface area contributed by atoms with Gasteiger partial charge in [-0.15, -0.1) is 0 Å². The van der Waals surface area contributed by atoms with Crippen LogP contribution in [-0.2, 0) is 11.3 Å². The van der Waals surface area contributed by atoms with E-state index in [9.17, 15) is 9.59 Å². The molecule has 0 unspecified atom stereocenters. The molecule has 0 spiro atoms. The van der Waals surface area contributed by atoms with E-state index in [0.717, 1.165) is 43.3 Å². The summed E-state index contributed by atoms with van der Waals surface area (Å²) >= 11 is 0. The summed E-state index contributed by atoms with van der Waals surface area (Å²) in [4.78, 5) is 30.9. The number of nitrogens with one attached hydrogen (secondary N) is 1. The maximum absolute atomic E-state index is 12.1. The van der Waals surface area contributed by atoms with Crippen LogP contribution in [0.1, 0.15) is 38.3 Å². The van der Waals surface area contributed by atoms with Crippen LogP contribution >= 0.6 is 0 Å². The highest BCUT2D eigenvalue weighted by molar-refractivity contribution is 5.90. The molecule has 2 bridgehead atoms. The van der Waals surface area contributed by atoms with Crippen LogP contribution in [0.3, 0.4) is 0 Å². The Morgan fingerprint density at radius 1 is 1.22 bits per heavy atom. The smallest absolute Gasteiger partial charge is 0.250 e. The van der Waals surface area contributed by atoms with Crippen molar-refractivity contribution in [1.29, 1.82) is 0 Å². The van der Waals surface area contributed by atoms with E-state index in [-0.39, 0.29) is 11.5 Å². The highest BCUT2D eigenvalue weighted by Gasteiger charge is 2.34. The zero-order chi connectivity index (χ0) is 19.0. The molecule has 27 heavy (non-hydrogen) atoms. The van der Waals surface area contributed by atoms with E-state index in [1.54, 1.807) is 12.3 Å². The Kier molecular flexibility index (Phi) is 4.72. The average molecular weight is 366 g/mol. The van der Waals surface area contributed by atoms with Gasteiger partial charge in [0.25, 0.3) is 5.56 Å². The fourth-order valence-corrected chi connectivity index (χ4v) is 4.31. The number of aromatic nitrogens is 2. The van der Waals surface area contributed by atoms with Crippen molar-refractivity contribution >= 4 is 17.4 Å². The predicted octanol–water partition coefficient (Wildman–Crippen LogP) is 2.85. The highest BCUT2D eigenvalue weighted by atomic mass is 16.1. The lowest BCUT2D eigenvalue weighted by Crippen LogP contribution is -2.47. The SMILES string of the molecule is CC(C)CC(=O)Nc1ccc(N2C[C@@H]3C[C@@H](C2)c2cccc(=O)n2C3)nc1. The molecule has 0 aliphatic carbocycles. The van der Waals surface area contributed by atoms with Crippen molar-refractivity contribution in [2.24, 2.45) is 11.8 Å². The number of pyridine rings is 2. The van der Waals surface area contributed by atoms with Gasteiger partial charge in [0, 0.05) is 43.7 Å². The van der Waals surface area contributed by atoms with Crippen molar-refractivity contribution in [3.8, 4) is 0 Å². The third-order valence-electron chi connectivity index (χ3n) is 5.43. The third-order valence-corrected chi connectivity index (χ3v) is 5.43. The fourth-order valence-electron chi connectivity index (χ4n) is 4.31. The zero-order valence-electron chi connectivity index (χ0n) is 15.9. The van der Waals surface area contributed by atoms with Gasteiger partial charge in [0.15, 0.2) is 0 Å². The number of hydrogen-bond acceptors (Lipinski definition) is 4. The molecule has 4 heterocycles. The Balaban J connectivity index is 1.48. The molecule has 0 saturated carbocycles. The largest absolute Gasteiger partial charge is 0.356 e. The van der Waals surface area contributed by atoms with Gasteiger partial charge in [-0.2, -0.15) is 0 Å². The Labute approximate surface area is 159 Å². The van der Waals surface area contributed by atoms with E-state index < -0.39 is 0 Å². The second-order valence-corrected chi connectivity index (χ2v) is 8.15. The van der Waals surface area contributed by atoms with Crippen LogP contribution in [-0.4, -0.2) is 28.5 Å². The highest BCUT2D eigenvalue weighted by Crippen LogP contribution is 2.36. The standard InChI is InChI=1S/C21H26N4O2/c1-14(2)8-20(26)23-17-6-7-19(22-10-17)24-11-15-9-16(13-24)18-4-3-5-21(27)25(18)12-15/h3-7,10,14-16H,8-9,11-13H2,1-2H3,(H,23,26)/t15-,16-/m0/s1. The first kappa shape index (κ1) is 17.8. The maximum Gasteiger partial charge on any atom is 0.250 e. The van der Waals surface area contributed by atoms with Gasteiger partial charge in [0.05, 0.1) is 11.9 Å². The molecule has 0 radical (unpaired) electrons. The minimum atomic E-state index is 0.0223. The number of carbonyl (C=O) groups is 1. The fraction of sp³-hybridized carbons (Fsp3) is 0.476. The molecule has 2 atom stereocenters. The molecule has 142 valence electrons. The maximum atomic E-state index is 12.1. The summed E-state index contributed by atoms with van der Waals surface area (Å²) in [7, 11) is 0. The topological polar surface area (TPSA) is 67.2 Å². The number of amides is 1. The molecule has 4 rings (SSSR count). The van der Waals surface area contributed by atoms with Crippen molar-refractivity contribution in [3.05, 3.63) is 52.6 Å². The Morgan fingerprint density at radius 3 is 2.81 bits per heavy atom. The first-order valence-electron chi connectivity index (χ1n) is 9.70. The first-order valence-corrected chi connectivity index (χ1v) is 9.70. The van der Waals surface area contributed by atoms with Gasteiger partial charge in [0.1, 0.15) is 5.82 Å². The van der Waals surface area contributed by atoms with Crippen molar-refractivity contribution in [1.82, 2.24) is 9.55 Å². The van der Waals surface area contributed by atoms with E-state index in [4.69, 9.17) is 0 Å². The van der Waals surface area contributed by atoms with Crippen LogP contribution in [0.2, 0.25) is 0 Å². The number of hydrogen-bond donors (Lipinski definition) is 1. The number of rotatable bonds is 4. The lowest BCUT2D eigenvalue weighted by Gasteiger charge is -2.43. The molecule has 1 amide bonds. The molecule has 0 aromatic carbocycles. The third kappa shape index (κ3) is 3.75. The zero-order valence-corrected chi connectivity index (χ0v) is 15.9. The molecular weight excluding hydrogens is 340 g/mol. The van der Waals surface area contributed by atoms with Crippen LogP contribution in [0.15, 0.2) is 41.3 Å². The molecule has 6 nitrogen and oxygen atoms in total. The molecule has 6 heteroatoms. The lowest BCUT2D eigenvalue weighted by molar-refractivity contribution is -0.116. The average Bonchev–Trinajstić information content (AvgIpc) is 2.62. The predicted molar refractivity (Wildman–Crippen MR) is 106 cm³/mol. The molecule has 2 aromatic rings. The molecule has 1 N–H and O–H groups in total. The van der Waals surface area contributed by atoms with Crippen LogP contribution in [0.5, 0.6) is 0 Å². The number of nitrogens with zero attached hydrogens (tertiary/aromatic N) is 3. The summed E-state index contributed by atoms with van der Waals surface area (Å²) in [6, 6.07) is 9.48. The Morgan fingerprint density at radius 2 is 2.07 bits per heavy atom. The number of carbonyl (C=O) groups excluding carboxylic acids is 1. The van der Waals surface area contributed by atoms with Gasteiger partial charge in [0.2, 0.25) is 5.91 Å². The van der Waals surface area contributed by atoms with Crippen LogP contribution in [0.25, 0.3) is 0 Å². The molecule has 2 aliphatic heterocycles. The lowest BCUT2D eigenvalue weighted by atomic mass is 9.83. The van der Waals surface area contributed by atoms with Crippen molar-refractivity contribution in [2.45, 2.75) is 39.2 Å². The van der Waals surface area contributed by atoms with Crippen LogP contribution in [0.4, 0.5) is 11.5 Å². The minimum Gasteiger partial charge on any atom is -0.356 e. The monoisotopic (exact) mass is 366 g/mol. The molecule has 2 aromatic heterocycles. The van der Waals surface area contributed by atoms with Crippen LogP contribution < -0.4 is 15.8 Å². The first-order chi connectivity index (χ1) is 13.0. The molecule has 1 fully saturated rings. The van der Waals surface area contributed by atoms with E-state index >= 15 is 0 Å². The van der Waals surface area contributed by atoms with E-state index in [1.807, 2.05) is 36.6 Å². The van der Waals surface area contributed by atoms with E-state index in [0.29, 0.717) is 24.2 Å². The summed E-state index contributed by atoms with van der Waals surface area (Å²) in [6.45, 7) is 6.61. The summed E-state index contributed by atoms with van der Waals surface area (Å²) in [5.41, 5.74) is 1.98. The Hall–Kier alpha value is -2.63. The van der Waals surface area contributed by atoms with Gasteiger partial charge < -0.3 is 14.8 Å². The number of anilines is 2. The van der Waals surface area contributed by atoms with Crippen molar-refractivity contribution in [2.75, 3.05) is 23.3 Å². The summed E-state index contributed by atoms with van der Waals surface area (Å²) in [5.74, 6) is 2.11. The second kappa shape index (κ2) is 7.18. The number of fused-ring (bicyclic) bond motifs is 4. The normalized spacial score (nSPS) is 21.1. The summed E-state index contributed by atoms with van der Waals surface area (Å²) in [6.07, 6.45) is 3.37. The molecule has 2 aliphatic rings. The van der Waals surface area contributed by atoms with Gasteiger partial charge in [-0.1, -0.05) is 19.9 Å². The number of piperidine rings is 1. The van der Waals surface area contributed by atoms with Gasteiger partial charge in [-0.3, -0.25) is 9.59 Å². The Bertz CT molecular complexity index is 888. The van der Waals surface area contributed by atoms with Gasteiger partial charge >= 0.3 is 0 Å². The van der Waals surface area contributed by atoms with Gasteiger partial charge in [-0.05, 0) is 36.5 Å². The molecular formula is C21H26N4O2. The van der Waals surface area contributed by atoms with Crippen molar-refractivity contribution < 1.29 is 4.79 Å². The van der Waals surface area contributed by atoms with E-state index in [2.05, 4.69) is 21.3 Å². The quantitative estimate of drug-likeness (QED) is 0.904. The summed E-state index contributed by atoms with van der Waals surface area (Å²) < 4.78 is 1.94. The summed E-state index contributed by atoms with van der Waals surface area (Å²) in [5, 5.41) is 2.90. The van der Waals surface area contributed by atoms with Crippen molar-refractivity contribution in [3.63, 3.8) is 0 Å². The van der Waals surface area contributed by atoms with E-state index in [1.165, 1.54) is 0 Å². The second-order valence-electron chi connectivity index (χ2n) is 8.15. The minimum absolute atomic E-state index is 0.0223. The van der Waals surface area contributed by atoms with Crippen LogP contribution in [0, 0.1) is 11.8 Å².